The Morgan fingerprint density at radius 2 is 1.76 bits per heavy atom. The largest absolute Gasteiger partial charge is 0.357 e. The van der Waals surface area contributed by atoms with Gasteiger partial charge in [0, 0.05) is 32.5 Å². The summed E-state index contributed by atoms with van der Waals surface area (Å²) in [4.78, 5) is 24.1. The maximum Gasteiger partial charge on any atom is 0.231 e. The van der Waals surface area contributed by atoms with Crippen molar-refractivity contribution in [3.63, 3.8) is 0 Å². The Bertz CT molecular complexity index is 610. The number of anilines is 2. The average molecular weight is 303 g/mol. The summed E-state index contributed by atoms with van der Waals surface area (Å²) in [6.07, 6.45) is 5.95. The second kappa shape index (κ2) is 6.21. The fraction of sp³-hybridized carbons (Fsp3) is 0.462. The van der Waals surface area contributed by atoms with E-state index in [4.69, 9.17) is 0 Å². The van der Waals surface area contributed by atoms with Gasteiger partial charge in [-0.15, -0.1) is 0 Å². The summed E-state index contributed by atoms with van der Waals surface area (Å²) in [6, 6.07) is 0. The molecule has 0 bridgehead atoms. The number of hydrogen-bond donors (Lipinski definition) is 1. The third-order valence-electron chi connectivity index (χ3n) is 3.16. The van der Waals surface area contributed by atoms with Gasteiger partial charge in [-0.25, -0.2) is 9.97 Å². The normalized spacial score (nSPS) is 14.5. The lowest BCUT2D eigenvalue weighted by Gasteiger charge is -2.16. The Labute approximate surface area is 127 Å². The minimum Gasteiger partial charge on any atom is -0.357 e. The van der Waals surface area contributed by atoms with E-state index in [1.165, 1.54) is 24.6 Å². The van der Waals surface area contributed by atoms with Gasteiger partial charge in [0.1, 0.15) is 0 Å². The molecule has 7 nitrogen and oxygen atoms in total. The summed E-state index contributed by atoms with van der Waals surface area (Å²) in [5, 5.41) is 4.23. The Morgan fingerprint density at radius 1 is 1.05 bits per heavy atom. The Kier molecular flexibility index (Phi) is 4.14. The lowest BCUT2D eigenvalue weighted by atomic mass is 10.4. The van der Waals surface area contributed by atoms with Crippen LogP contribution in [0.1, 0.15) is 18.4 Å². The van der Waals surface area contributed by atoms with Crippen LogP contribution in [0.15, 0.2) is 22.7 Å². The molecule has 110 valence electrons. The summed E-state index contributed by atoms with van der Waals surface area (Å²) in [5.74, 6) is 1.29. The van der Waals surface area contributed by atoms with E-state index in [-0.39, 0.29) is 0 Å². The molecule has 2 aromatic rings. The number of hydrogen-bond acceptors (Lipinski definition) is 8. The fourth-order valence-corrected chi connectivity index (χ4v) is 2.71. The van der Waals surface area contributed by atoms with Crippen molar-refractivity contribution in [1.29, 1.82) is 0 Å². The molecule has 2 aromatic heterocycles. The maximum absolute atomic E-state index is 4.53. The third kappa shape index (κ3) is 3.38. The molecular formula is C13H17N7S. The quantitative estimate of drug-likeness (QED) is 0.856. The van der Waals surface area contributed by atoms with E-state index in [2.05, 4.69) is 35.1 Å². The van der Waals surface area contributed by atoms with Crippen LogP contribution < -0.4 is 10.2 Å². The molecule has 0 unspecified atom stereocenters. The molecule has 1 saturated heterocycles. The Balaban J connectivity index is 1.86. The van der Waals surface area contributed by atoms with Crippen LogP contribution in [-0.4, -0.2) is 45.1 Å². The Hall–Kier alpha value is -1.96. The van der Waals surface area contributed by atoms with E-state index in [1.807, 2.05) is 6.92 Å². The predicted molar refractivity (Wildman–Crippen MR) is 81.7 cm³/mol. The van der Waals surface area contributed by atoms with Gasteiger partial charge >= 0.3 is 0 Å². The molecule has 1 aliphatic heterocycles. The highest BCUT2D eigenvalue weighted by atomic mass is 32.2. The smallest absolute Gasteiger partial charge is 0.231 e. The average Bonchev–Trinajstić information content (AvgIpc) is 3.04. The first-order valence-corrected chi connectivity index (χ1v) is 7.71. The lowest BCUT2D eigenvalue weighted by molar-refractivity contribution is 0.826. The molecule has 0 aromatic carbocycles. The van der Waals surface area contributed by atoms with E-state index in [0.29, 0.717) is 16.3 Å². The van der Waals surface area contributed by atoms with Gasteiger partial charge in [0.2, 0.25) is 17.1 Å². The van der Waals surface area contributed by atoms with Gasteiger partial charge in [-0.05, 0) is 37.1 Å². The number of aryl methyl sites for hydroxylation is 1. The second-order valence-corrected chi connectivity index (χ2v) is 5.77. The van der Waals surface area contributed by atoms with Gasteiger partial charge in [0.25, 0.3) is 0 Å². The first-order valence-electron chi connectivity index (χ1n) is 6.90. The van der Waals surface area contributed by atoms with Gasteiger partial charge in [0.15, 0.2) is 5.16 Å². The molecule has 0 amide bonds. The van der Waals surface area contributed by atoms with Gasteiger partial charge < -0.3 is 10.2 Å². The molecule has 8 heteroatoms. The maximum atomic E-state index is 4.53. The molecule has 3 heterocycles. The highest BCUT2D eigenvalue weighted by Gasteiger charge is 2.17. The molecule has 0 radical (unpaired) electrons. The summed E-state index contributed by atoms with van der Waals surface area (Å²) in [7, 11) is 1.81. The highest BCUT2D eigenvalue weighted by Crippen LogP contribution is 2.24. The first kappa shape index (κ1) is 14.0. The summed E-state index contributed by atoms with van der Waals surface area (Å²) < 4.78 is 0. The number of aromatic nitrogens is 5. The monoisotopic (exact) mass is 303 g/mol. The minimum atomic E-state index is 0.571. The molecule has 1 aliphatic rings. The molecule has 1 N–H and O–H groups in total. The van der Waals surface area contributed by atoms with Crippen molar-refractivity contribution in [2.24, 2.45) is 0 Å². The summed E-state index contributed by atoms with van der Waals surface area (Å²) in [6.45, 7) is 3.96. The van der Waals surface area contributed by atoms with E-state index in [1.54, 1.807) is 19.4 Å². The highest BCUT2D eigenvalue weighted by molar-refractivity contribution is 7.99. The summed E-state index contributed by atoms with van der Waals surface area (Å²) in [5.41, 5.74) is 1.03. The zero-order valence-electron chi connectivity index (χ0n) is 12.1. The van der Waals surface area contributed by atoms with Crippen LogP contribution in [0.3, 0.4) is 0 Å². The van der Waals surface area contributed by atoms with Crippen LogP contribution in [0.5, 0.6) is 0 Å². The Morgan fingerprint density at radius 3 is 2.43 bits per heavy atom. The van der Waals surface area contributed by atoms with Crippen LogP contribution in [0.2, 0.25) is 0 Å². The zero-order valence-corrected chi connectivity index (χ0v) is 12.9. The van der Waals surface area contributed by atoms with Crippen LogP contribution in [0.25, 0.3) is 0 Å². The van der Waals surface area contributed by atoms with Gasteiger partial charge in [0.05, 0.1) is 0 Å². The number of nitrogens with zero attached hydrogens (tertiary/aromatic N) is 6. The lowest BCUT2D eigenvalue weighted by Crippen LogP contribution is -2.21. The molecule has 0 spiro atoms. The molecule has 3 rings (SSSR count). The molecular weight excluding hydrogens is 286 g/mol. The summed E-state index contributed by atoms with van der Waals surface area (Å²) >= 11 is 1.35. The van der Waals surface area contributed by atoms with Crippen molar-refractivity contribution in [2.45, 2.75) is 30.1 Å². The van der Waals surface area contributed by atoms with Crippen molar-refractivity contribution in [3.05, 3.63) is 18.0 Å². The van der Waals surface area contributed by atoms with Crippen molar-refractivity contribution in [2.75, 3.05) is 30.4 Å². The molecule has 0 saturated carbocycles. The van der Waals surface area contributed by atoms with Gasteiger partial charge in [-0.1, -0.05) is 0 Å². The van der Waals surface area contributed by atoms with Crippen molar-refractivity contribution in [1.82, 2.24) is 24.9 Å². The molecule has 1 fully saturated rings. The van der Waals surface area contributed by atoms with Crippen molar-refractivity contribution in [3.8, 4) is 0 Å². The van der Waals surface area contributed by atoms with Gasteiger partial charge in [-0.2, -0.15) is 15.0 Å². The van der Waals surface area contributed by atoms with Crippen molar-refractivity contribution >= 4 is 23.7 Å². The standard InChI is InChI=1S/C13H17N7S/c1-9-7-15-12(16-8-9)21-13-18-10(14-2)17-11(19-13)20-5-3-4-6-20/h7-8H,3-6H2,1-2H3,(H,14,17,18,19). The number of rotatable bonds is 4. The van der Waals surface area contributed by atoms with Crippen LogP contribution in [0, 0.1) is 6.92 Å². The second-order valence-electron chi connectivity index (χ2n) is 4.83. The van der Waals surface area contributed by atoms with E-state index in [0.717, 1.165) is 24.6 Å². The van der Waals surface area contributed by atoms with E-state index in [9.17, 15) is 0 Å². The van der Waals surface area contributed by atoms with E-state index < -0.39 is 0 Å². The SMILES string of the molecule is CNc1nc(Sc2ncc(C)cn2)nc(N2CCCC2)n1. The topological polar surface area (TPSA) is 79.7 Å². The molecule has 21 heavy (non-hydrogen) atoms. The molecule has 0 atom stereocenters. The zero-order chi connectivity index (χ0) is 14.7. The third-order valence-corrected chi connectivity index (χ3v) is 3.91. The minimum absolute atomic E-state index is 0.571. The van der Waals surface area contributed by atoms with Crippen molar-refractivity contribution < 1.29 is 0 Å². The predicted octanol–water partition coefficient (Wildman–Crippen LogP) is 1.76. The van der Waals surface area contributed by atoms with E-state index >= 15 is 0 Å². The van der Waals surface area contributed by atoms with Gasteiger partial charge in [-0.3, -0.25) is 0 Å². The van der Waals surface area contributed by atoms with Crippen LogP contribution >= 0.6 is 11.8 Å². The number of nitrogens with one attached hydrogen (secondary N) is 1. The van der Waals surface area contributed by atoms with Crippen LogP contribution in [0.4, 0.5) is 11.9 Å². The first-order chi connectivity index (χ1) is 10.2. The fourth-order valence-electron chi connectivity index (χ4n) is 2.08. The van der Waals surface area contributed by atoms with Crippen LogP contribution in [-0.2, 0) is 0 Å². The molecule has 0 aliphatic carbocycles.